The molecular weight excluding hydrogens is 369 g/mol. The van der Waals surface area contributed by atoms with Crippen LogP contribution in [-0.2, 0) is 9.59 Å². The number of carbonyl (C=O) groups excluding carboxylic acids is 2. The van der Waals surface area contributed by atoms with Crippen LogP contribution in [0.15, 0.2) is 71.9 Å². The second-order valence-corrected chi connectivity index (χ2v) is 3.50. The third kappa shape index (κ3) is 5.22. The van der Waals surface area contributed by atoms with E-state index in [-0.39, 0.29) is 60.0 Å². The molecule has 19 heavy (non-hydrogen) atoms. The second-order valence-electron chi connectivity index (χ2n) is 3.50. The Labute approximate surface area is 151 Å². The summed E-state index contributed by atoms with van der Waals surface area (Å²) in [5.41, 5.74) is 1.37. The molecule has 0 saturated heterocycles. The van der Waals surface area contributed by atoms with Crippen molar-refractivity contribution in [2.45, 2.75) is 0 Å². The van der Waals surface area contributed by atoms with Crippen molar-refractivity contribution in [3.8, 4) is 0 Å². The van der Waals surface area contributed by atoms with E-state index in [4.69, 9.17) is 0 Å². The summed E-state index contributed by atoms with van der Waals surface area (Å²) in [4.78, 5) is 20.3. The zero-order valence-corrected chi connectivity index (χ0v) is 14.7. The van der Waals surface area contributed by atoms with Crippen LogP contribution in [0.5, 0.6) is 0 Å². The van der Waals surface area contributed by atoms with Crippen molar-refractivity contribution in [1.29, 1.82) is 0 Å². The van der Waals surface area contributed by atoms with Gasteiger partial charge in [0, 0.05) is 11.1 Å². The van der Waals surface area contributed by atoms with Gasteiger partial charge < -0.3 is 19.8 Å². The third-order valence-electron chi connectivity index (χ3n) is 2.25. The summed E-state index contributed by atoms with van der Waals surface area (Å²) in [7, 11) is 0. The smallest absolute Gasteiger partial charge is 0.545 e. The number of carbonyl (C=O) groups is 2. The van der Waals surface area contributed by atoms with Crippen molar-refractivity contribution in [2.24, 2.45) is 0 Å². The zero-order chi connectivity index (χ0) is 13.7. The minimum atomic E-state index is -1.16. The molecule has 0 amide bonds. The van der Waals surface area contributed by atoms with Crippen LogP contribution in [0, 0.1) is 0 Å². The van der Waals surface area contributed by atoms with Gasteiger partial charge in [-0.15, -0.1) is 0 Å². The van der Waals surface area contributed by atoms with Gasteiger partial charge in [0.05, 0.1) is 11.9 Å². The van der Waals surface area contributed by atoms with E-state index in [1.165, 1.54) is 12.2 Å². The average Bonchev–Trinajstić information content (AvgIpc) is 2.87. The fraction of sp³-hybridized carbons (Fsp3) is 0. The first-order valence-corrected chi connectivity index (χ1v) is 5.01. The molecule has 2 rings (SSSR count). The zero-order valence-electron chi connectivity index (χ0n) is 10.2. The van der Waals surface area contributed by atoms with Crippen molar-refractivity contribution < 1.29 is 19.8 Å². The van der Waals surface area contributed by atoms with Gasteiger partial charge >= 0.3 is 48.9 Å². The van der Waals surface area contributed by atoms with Gasteiger partial charge in [-0.1, -0.05) is 49.6 Å². The molecule has 92 valence electrons. The summed E-state index contributed by atoms with van der Waals surface area (Å²) in [5.74, 6) is -2.32. The van der Waals surface area contributed by atoms with Gasteiger partial charge in [0.1, 0.15) is 0 Å². The minimum absolute atomic E-state index is 0. The average molecular weight is 380 g/mol. The van der Waals surface area contributed by atoms with Gasteiger partial charge in [0.15, 0.2) is 0 Å². The number of rotatable bonds is 2. The quantitative estimate of drug-likeness (QED) is 0.588. The molecule has 0 atom stereocenters. The number of hydrogen-bond acceptors (Lipinski definition) is 4. The van der Waals surface area contributed by atoms with E-state index in [0.717, 1.165) is 0 Å². The summed E-state index contributed by atoms with van der Waals surface area (Å²) >= 11 is 0. The number of carboxylic acid groups (broad SMARTS) is 2. The Balaban J connectivity index is 0.000000324. The Morgan fingerprint density at radius 2 is 1.16 bits per heavy atom. The van der Waals surface area contributed by atoms with Crippen LogP contribution in [0.25, 0.3) is 0 Å². The molecular formula is C14H10BaO4. The molecule has 0 fully saturated rings. The summed E-state index contributed by atoms with van der Waals surface area (Å²) in [6, 6.07) is 0. The van der Waals surface area contributed by atoms with Gasteiger partial charge in [-0.05, 0) is 11.1 Å². The van der Waals surface area contributed by atoms with Crippen molar-refractivity contribution >= 4 is 60.8 Å². The number of aliphatic carboxylic acids is 2. The monoisotopic (exact) mass is 380 g/mol. The summed E-state index contributed by atoms with van der Waals surface area (Å²) in [5, 5.41) is 20.3. The first-order chi connectivity index (χ1) is 8.43. The van der Waals surface area contributed by atoms with E-state index in [0.29, 0.717) is 11.1 Å². The molecule has 0 aromatic heterocycles. The van der Waals surface area contributed by atoms with E-state index in [1.807, 2.05) is 0 Å². The topological polar surface area (TPSA) is 80.3 Å². The molecule has 0 aromatic rings. The predicted octanol–water partition coefficient (Wildman–Crippen LogP) is -0.803. The van der Waals surface area contributed by atoms with Crippen molar-refractivity contribution in [3.63, 3.8) is 0 Å². The van der Waals surface area contributed by atoms with Crippen molar-refractivity contribution in [1.82, 2.24) is 0 Å². The standard InChI is InChI=1S/2C7H6O2.Ba/c2*1-5-3-2-4-6(5)7(8)9;/h2*2-4H,1H2,(H,8,9);/q;;+2/p-2. The minimum Gasteiger partial charge on any atom is -0.545 e. The Hall–Kier alpha value is -1.05. The number of carboxylic acids is 2. The van der Waals surface area contributed by atoms with Crippen molar-refractivity contribution in [3.05, 3.63) is 71.9 Å². The molecule has 0 unspecified atom stereocenters. The van der Waals surface area contributed by atoms with Crippen LogP contribution in [-0.4, -0.2) is 60.8 Å². The normalized spacial score (nSPS) is 15.2. The maximum absolute atomic E-state index is 10.1. The number of hydrogen-bond donors (Lipinski definition) is 0. The summed E-state index contributed by atoms with van der Waals surface area (Å²) in [6.45, 7) is 6.96. The van der Waals surface area contributed by atoms with Crippen LogP contribution >= 0.6 is 0 Å². The van der Waals surface area contributed by atoms with Gasteiger partial charge in [0.2, 0.25) is 0 Å². The SMILES string of the molecule is C=C1C=CC=C1C(=O)[O-].C=C1C=CC=C1C(=O)[O-].[Ba+2]. The molecule has 0 bridgehead atoms. The molecule has 0 saturated carbocycles. The van der Waals surface area contributed by atoms with E-state index in [9.17, 15) is 19.8 Å². The Bertz CT molecular complexity index is 498. The van der Waals surface area contributed by atoms with Crippen molar-refractivity contribution in [2.75, 3.05) is 0 Å². The predicted molar refractivity (Wildman–Crippen MR) is 68.5 cm³/mol. The second kappa shape index (κ2) is 8.19. The summed E-state index contributed by atoms with van der Waals surface area (Å²) < 4.78 is 0. The maximum Gasteiger partial charge on any atom is 2.00 e. The van der Waals surface area contributed by atoms with E-state index >= 15 is 0 Å². The van der Waals surface area contributed by atoms with Crippen LogP contribution in [0.4, 0.5) is 0 Å². The summed E-state index contributed by atoms with van der Waals surface area (Å²) in [6.07, 6.45) is 9.46. The van der Waals surface area contributed by atoms with Crippen LogP contribution in [0.1, 0.15) is 0 Å². The fourth-order valence-corrected chi connectivity index (χ4v) is 1.31. The Kier molecular flexibility index (Phi) is 7.74. The van der Waals surface area contributed by atoms with Gasteiger partial charge in [-0.2, -0.15) is 0 Å². The Morgan fingerprint density at radius 3 is 1.26 bits per heavy atom. The van der Waals surface area contributed by atoms with Gasteiger partial charge in [0.25, 0.3) is 0 Å². The van der Waals surface area contributed by atoms with E-state index in [1.54, 1.807) is 24.3 Å². The van der Waals surface area contributed by atoms with E-state index < -0.39 is 11.9 Å². The van der Waals surface area contributed by atoms with Crippen LogP contribution in [0.2, 0.25) is 0 Å². The molecule has 0 N–H and O–H groups in total. The molecule has 0 aliphatic heterocycles. The molecule has 2 aliphatic rings. The third-order valence-corrected chi connectivity index (χ3v) is 2.25. The van der Waals surface area contributed by atoms with Gasteiger partial charge in [-0.3, -0.25) is 0 Å². The fourth-order valence-electron chi connectivity index (χ4n) is 1.31. The molecule has 4 nitrogen and oxygen atoms in total. The van der Waals surface area contributed by atoms with Crippen LogP contribution < -0.4 is 10.2 Å². The molecule has 2 aliphatic carbocycles. The first kappa shape index (κ1) is 18.0. The largest absolute Gasteiger partial charge is 2.00 e. The first-order valence-electron chi connectivity index (χ1n) is 5.01. The molecule has 0 aromatic carbocycles. The van der Waals surface area contributed by atoms with Gasteiger partial charge in [-0.25, -0.2) is 0 Å². The maximum atomic E-state index is 10.1. The molecule has 0 heterocycles. The number of allylic oxidation sites excluding steroid dienone is 6. The van der Waals surface area contributed by atoms with Crippen LogP contribution in [0.3, 0.4) is 0 Å². The van der Waals surface area contributed by atoms with E-state index in [2.05, 4.69) is 13.2 Å². The molecule has 0 spiro atoms. The molecule has 0 radical (unpaired) electrons. The Morgan fingerprint density at radius 1 is 0.842 bits per heavy atom. The molecule has 5 heteroatoms.